The van der Waals surface area contributed by atoms with Gasteiger partial charge in [-0.3, -0.25) is 0 Å². The highest BCUT2D eigenvalue weighted by Crippen LogP contribution is 2.31. The van der Waals surface area contributed by atoms with Crippen molar-refractivity contribution >= 4 is 5.69 Å². The van der Waals surface area contributed by atoms with Gasteiger partial charge in [-0.05, 0) is 60.2 Å². The maximum atomic E-state index is 12.2. The molecule has 2 N–H and O–H groups in total. The van der Waals surface area contributed by atoms with E-state index < -0.39 is 6.36 Å². The standard InChI is InChI=1S/C23H22F3NO2/c24-23(25,26)29-20-12-9-18(10-13-20)19-11-14-22(21(27)16-19)28-15-5-4-8-17-6-2-1-3-7-17/h1-3,6-7,9-14,16H,4-5,8,15,27H2. The topological polar surface area (TPSA) is 44.5 Å². The Hall–Kier alpha value is -3.15. The van der Waals surface area contributed by atoms with Crippen LogP contribution in [0.15, 0.2) is 72.8 Å². The zero-order valence-corrected chi connectivity index (χ0v) is 15.8. The first-order valence-corrected chi connectivity index (χ1v) is 9.33. The normalized spacial score (nSPS) is 11.3. The molecule has 152 valence electrons. The van der Waals surface area contributed by atoms with Crippen LogP contribution in [0.5, 0.6) is 11.5 Å². The zero-order valence-electron chi connectivity index (χ0n) is 15.8. The Kier molecular flexibility index (Phi) is 6.65. The Morgan fingerprint density at radius 1 is 0.793 bits per heavy atom. The third kappa shape index (κ3) is 6.45. The fourth-order valence-corrected chi connectivity index (χ4v) is 2.97. The molecule has 0 atom stereocenters. The maximum Gasteiger partial charge on any atom is 0.573 e. The van der Waals surface area contributed by atoms with Crippen LogP contribution in [0.25, 0.3) is 11.1 Å². The first-order valence-electron chi connectivity index (χ1n) is 9.33. The Morgan fingerprint density at radius 3 is 2.14 bits per heavy atom. The molecule has 3 nitrogen and oxygen atoms in total. The van der Waals surface area contributed by atoms with Gasteiger partial charge in [0.15, 0.2) is 0 Å². The SMILES string of the molecule is Nc1cc(-c2ccc(OC(F)(F)F)cc2)ccc1OCCCCc1ccccc1. The van der Waals surface area contributed by atoms with E-state index in [4.69, 9.17) is 10.5 Å². The first-order chi connectivity index (χ1) is 13.9. The lowest BCUT2D eigenvalue weighted by atomic mass is 10.0. The number of hydrogen-bond donors (Lipinski definition) is 1. The number of nitrogen functional groups attached to an aromatic ring is 1. The largest absolute Gasteiger partial charge is 0.573 e. The summed E-state index contributed by atoms with van der Waals surface area (Å²) >= 11 is 0. The molecule has 0 bridgehead atoms. The van der Waals surface area contributed by atoms with Crippen LogP contribution >= 0.6 is 0 Å². The number of rotatable bonds is 8. The van der Waals surface area contributed by atoms with Crippen molar-refractivity contribution in [1.29, 1.82) is 0 Å². The highest BCUT2D eigenvalue weighted by molar-refractivity contribution is 5.71. The molecule has 0 aliphatic carbocycles. The number of hydrogen-bond acceptors (Lipinski definition) is 3. The van der Waals surface area contributed by atoms with E-state index in [1.165, 1.54) is 17.7 Å². The molecule has 0 spiro atoms. The molecule has 0 aromatic heterocycles. The fraction of sp³-hybridized carbons (Fsp3) is 0.217. The van der Waals surface area contributed by atoms with Gasteiger partial charge in [-0.15, -0.1) is 13.2 Å². The maximum absolute atomic E-state index is 12.2. The number of nitrogens with two attached hydrogens (primary N) is 1. The van der Waals surface area contributed by atoms with Crippen LogP contribution in [0.3, 0.4) is 0 Å². The molecule has 3 aromatic carbocycles. The molecule has 3 aromatic rings. The number of halogens is 3. The number of anilines is 1. The molecule has 0 aliphatic heterocycles. The average molecular weight is 401 g/mol. The number of aryl methyl sites for hydroxylation is 1. The van der Waals surface area contributed by atoms with Gasteiger partial charge in [-0.1, -0.05) is 48.5 Å². The van der Waals surface area contributed by atoms with Gasteiger partial charge in [-0.25, -0.2) is 0 Å². The van der Waals surface area contributed by atoms with Gasteiger partial charge in [-0.2, -0.15) is 0 Å². The number of benzene rings is 3. The van der Waals surface area contributed by atoms with Crippen molar-refractivity contribution in [3.05, 3.63) is 78.4 Å². The molecule has 0 aliphatic rings. The van der Waals surface area contributed by atoms with Crippen LogP contribution in [-0.4, -0.2) is 13.0 Å². The molecule has 0 fully saturated rings. The van der Waals surface area contributed by atoms with Gasteiger partial charge in [0.1, 0.15) is 11.5 Å². The molecule has 6 heteroatoms. The van der Waals surface area contributed by atoms with Crippen molar-refractivity contribution in [2.75, 3.05) is 12.3 Å². The molecular weight excluding hydrogens is 379 g/mol. The second kappa shape index (κ2) is 9.37. The summed E-state index contributed by atoms with van der Waals surface area (Å²) in [7, 11) is 0. The minimum atomic E-state index is -4.70. The Balaban J connectivity index is 1.52. The van der Waals surface area contributed by atoms with Crippen molar-refractivity contribution in [1.82, 2.24) is 0 Å². The van der Waals surface area contributed by atoms with Gasteiger partial charge in [0.05, 0.1) is 12.3 Å². The van der Waals surface area contributed by atoms with E-state index in [-0.39, 0.29) is 5.75 Å². The molecule has 0 unspecified atom stereocenters. The summed E-state index contributed by atoms with van der Waals surface area (Å²) in [5.41, 5.74) is 9.40. The van der Waals surface area contributed by atoms with E-state index in [1.807, 2.05) is 24.3 Å². The number of ether oxygens (including phenoxy) is 2. The summed E-state index contributed by atoms with van der Waals surface area (Å²) in [5.74, 6) is 0.343. The molecule has 0 amide bonds. The minimum Gasteiger partial charge on any atom is -0.491 e. The van der Waals surface area contributed by atoms with Crippen LogP contribution in [0.1, 0.15) is 18.4 Å². The summed E-state index contributed by atoms with van der Waals surface area (Å²) < 4.78 is 46.4. The molecule has 0 radical (unpaired) electrons. The summed E-state index contributed by atoms with van der Waals surface area (Å²) in [6.07, 6.45) is -1.76. The van der Waals surface area contributed by atoms with Crippen LogP contribution in [-0.2, 0) is 6.42 Å². The zero-order chi connectivity index (χ0) is 20.7. The molecule has 0 heterocycles. The van der Waals surface area contributed by atoms with Crippen molar-refractivity contribution in [3.63, 3.8) is 0 Å². The van der Waals surface area contributed by atoms with Crippen molar-refractivity contribution in [2.45, 2.75) is 25.6 Å². The molecular formula is C23H22F3NO2. The van der Waals surface area contributed by atoms with Crippen molar-refractivity contribution in [3.8, 4) is 22.6 Å². The van der Waals surface area contributed by atoms with Crippen LogP contribution in [0.4, 0.5) is 18.9 Å². The predicted molar refractivity (Wildman–Crippen MR) is 108 cm³/mol. The molecule has 3 rings (SSSR count). The van der Waals surface area contributed by atoms with Crippen LogP contribution < -0.4 is 15.2 Å². The lowest BCUT2D eigenvalue weighted by Gasteiger charge is -2.12. The molecule has 29 heavy (non-hydrogen) atoms. The van der Waals surface area contributed by atoms with E-state index in [0.29, 0.717) is 18.0 Å². The quantitative estimate of drug-likeness (QED) is 0.359. The van der Waals surface area contributed by atoms with Crippen molar-refractivity contribution < 1.29 is 22.6 Å². The summed E-state index contributed by atoms with van der Waals surface area (Å²) in [4.78, 5) is 0. The van der Waals surface area contributed by atoms with Gasteiger partial charge >= 0.3 is 6.36 Å². The van der Waals surface area contributed by atoms with E-state index in [9.17, 15) is 13.2 Å². The Bertz CT molecular complexity index is 910. The third-order valence-corrected chi connectivity index (χ3v) is 4.39. The lowest BCUT2D eigenvalue weighted by molar-refractivity contribution is -0.274. The monoisotopic (exact) mass is 401 g/mol. The van der Waals surface area contributed by atoms with E-state index in [0.717, 1.165) is 30.4 Å². The van der Waals surface area contributed by atoms with Gasteiger partial charge in [0.2, 0.25) is 0 Å². The second-order valence-corrected chi connectivity index (χ2v) is 6.62. The minimum absolute atomic E-state index is 0.260. The van der Waals surface area contributed by atoms with Gasteiger partial charge < -0.3 is 15.2 Å². The first kappa shape index (κ1) is 20.6. The molecule has 0 saturated carbocycles. The van der Waals surface area contributed by atoms with Crippen LogP contribution in [0, 0.1) is 0 Å². The Morgan fingerprint density at radius 2 is 1.48 bits per heavy atom. The van der Waals surface area contributed by atoms with E-state index >= 15 is 0 Å². The second-order valence-electron chi connectivity index (χ2n) is 6.62. The summed E-state index contributed by atoms with van der Waals surface area (Å²) in [5, 5.41) is 0. The fourth-order valence-electron chi connectivity index (χ4n) is 2.97. The molecule has 0 saturated heterocycles. The van der Waals surface area contributed by atoms with Gasteiger partial charge in [0.25, 0.3) is 0 Å². The predicted octanol–water partition coefficient (Wildman–Crippen LogP) is 6.24. The third-order valence-electron chi connectivity index (χ3n) is 4.39. The van der Waals surface area contributed by atoms with E-state index in [2.05, 4.69) is 16.9 Å². The van der Waals surface area contributed by atoms with E-state index in [1.54, 1.807) is 24.3 Å². The number of unbranched alkanes of at least 4 members (excludes halogenated alkanes) is 1. The average Bonchev–Trinajstić information content (AvgIpc) is 2.69. The smallest absolute Gasteiger partial charge is 0.491 e. The van der Waals surface area contributed by atoms with Gasteiger partial charge in [0, 0.05) is 0 Å². The Labute approximate surface area is 167 Å². The summed E-state index contributed by atoms with van der Waals surface area (Å²) in [6, 6.07) is 21.3. The van der Waals surface area contributed by atoms with Crippen molar-refractivity contribution in [2.24, 2.45) is 0 Å². The van der Waals surface area contributed by atoms with Crippen LogP contribution in [0.2, 0.25) is 0 Å². The highest BCUT2D eigenvalue weighted by atomic mass is 19.4. The highest BCUT2D eigenvalue weighted by Gasteiger charge is 2.30. The lowest BCUT2D eigenvalue weighted by Crippen LogP contribution is -2.16. The number of alkyl halides is 3. The summed E-state index contributed by atoms with van der Waals surface area (Å²) in [6.45, 7) is 0.569.